The number of para-hydroxylation sites is 2. The number of anilines is 2. The average molecular weight is 440 g/mol. The van der Waals surface area contributed by atoms with Crippen molar-refractivity contribution in [1.29, 1.82) is 0 Å². The molecular weight excluding hydrogens is 404 g/mol. The molecule has 1 unspecified atom stereocenters. The van der Waals surface area contributed by atoms with E-state index in [4.69, 9.17) is 10.5 Å². The van der Waals surface area contributed by atoms with E-state index in [1.165, 1.54) is 38.5 Å². The van der Waals surface area contributed by atoms with Crippen LogP contribution >= 0.6 is 0 Å². The molecule has 0 saturated carbocycles. The molecule has 0 aliphatic carbocycles. The number of benzene rings is 3. The van der Waals surface area contributed by atoms with Gasteiger partial charge in [0.25, 0.3) is 0 Å². The quantitative estimate of drug-likeness (QED) is 0.292. The molecule has 4 heteroatoms. The molecule has 1 radical (unpaired) electrons. The fourth-order valence-electron chi connectivity index (χ4n) is 4.31. The van der Waals surface area contributed by atoms with Crippen LogP contribution in [0.2, 0.25) is 0 Å². The van der Waals surface area contributed by atoms with Crippen LogP contribution in [0.1, 0.15) is 63.9 Å². The van der Waals surface area contributed by atoms with Gasteiger partial charge in [-0.3, -0.25) is 0 Å². The van der Waals surface area contributed by atoms with Crippen LogP contribution in [0, 0.1) is 0 Å². The van der Waals surface area contributed by atoms with E-state index in [0.29, 0.717) is 0 Å². The highest BCUT2D eigenvalue weighted by atomic mass is 15.7. The summed E-state index contributed by atoms with van der Waals surface area (Å²) in [6, 6.07) is 31.2. The zero-order valence-electron chi connectivity index (χ0n) is 19.7. The average Bonchev–Trinajstić information content (AvgIpc) is 2.89. The molecule has 33 heavy (non-hydrogen) atoms. The molecule has 4 rings (SSSR count). The lowest BCUT2D eigenvalue weighted by Crippen LogP contribution is -2.56. The second kappa shape index (κ2) is 12.1. The first-order chi connectivity index (χ1) is 16.4. The van der Waals surface area contributed by atoms with Gasteiger partial charge in [-0.05, 0) is 37.1 Å². The molecule has 0 aromatic heterocycles. The smallest absolute Gasteiger partial charge is 0.199 e. The van der Waals surface area contributed by atoms with Crippen LogP contribution in [-0.4, -0.2) is 12.0 Å². The van der Waals surface area contributed by atoms with E-state index in [2.05, 4.69) is 89.7 Å². The summed E-state index contributed by atoms with van der Waals surface area (Å²) in [6.07, 6.45) is 10.1. The Hall–Kier alpha value is -3.27. The van der Waals surface area contributed by atoms with Crippen molar-refractivity contribution in [2.24, 2.45) is 5.10 Å². The van der Waals surface area contributed by atoms with E-state index in [1.807, 2.05) is 18.2 Å². The maximum atomic E-state index is 5.06. The van der Waals surface area contributed by atoms with Crippen molar-refractivity contribution in [3.05, 3.63) is 96.6 Å². The minimum atomic E-state index is 0.0397. The van der Waals surface area contributed by atoms with Gasteiger partial charge in [-0.2, -0.15) is 0 Å². The molecule has 4 nitrogen and oxygen atoms in total. The molecule has 0 N–H and O–H groups in total. The number of unbranched alkanes of at least 4 members (excludes halogenated alkanes) is 6. The monoisotopic (exact) mass is 439 g/mol. The van der Waals surface area contributed by atoms with E-state index in [9.17, 15) is 0 Å². The summed E-state index contributed by atoms with van der Waals surface area (Å²) in [5.41, 5.74) is 8.27. The normalized spacial score (nSPS) is 15.8. The Balaban J connectivity index is 1.61. The molecule has 171 valence electrons. The largest absolute Gasteiger partial charge is 0.239 e. The number of hydrogen-bond acceptors (Lipinski definition) is 3. The van der Waals surface area contributed by atoms with Crippen LogP contribution in [0.3, 0.4) is 0 Å². The molecule has 0 amide bonds. The van der Waals surface area contributed by atoms with Gasteiger partial charge in [0.15, 0.2) is 5.84 Å². The second-order valence-corrected chi connectivity index (χ2v) is 8.64. The summed E-state index contributed by atoms with van der Waals surface area (Å²) in [6.45, 7) is 2.27. The van der Waals surface area contributed by atoms with Crippen molar-refractivity contribution in [3.8, 4) is 0 Å². The number of nitrogens with zero attached hydrogens (tertiary/aromatic N) is 4. The van der Waals surface area contributed by atoms with E-state index < -0.39 is 0 Å². The van der Waals surface area contributed by atoms with Crippen LogP contribution in [0.15, 0.2) is 96.1 Å². The molecule has 1 heterocycles. The third-order valence-corrected chi connectivity index (χ3v) is 6.11. The summed E-state index contributed by atoms with van der Waals surface area (Å²) in [4.78, 5) is 0. The third kappa shape index (κ3) is 6.16. The first-order valence-corrected chi connectivity index (χ1v) is 12.4. The number of hydrazone groups is 1. The molecule has 0 fully saturated rings. The lowest BCUT2D eigenvalue weighted by Gasteiger charge is -2.42. The van der Waals surface area contributed by atoms with E-state index in [-0.39, 0.29) is 6.17 Å². The van der Waals surface area contributed by atoms with Crippen LogP contribution in [0.25, 0.3) is 0 Å². The molecule has 3 aromatic carbocycles. The number of amidine groups is 1. The Labute approximate surface area is 198 Å². The summed E-state index contributed by atoms with van der Waals surface area (Å²) in [5, 5.41) is 9.39. The predicted molar refractivity (Wildman–Crippen MR) is 139 cm³/mol. The highest BCUT2D eigenvalue weighted by Crippen LogP contribution is 2.30. The summed E-state index contributed by atoms with van der Waals surface area (Å²) in [5.74, 6) is 0.735. The predicted octanol–water partition coefficient (Wildman–Crippen LogP) is 7.36. The van der Waals surface area contributed by atoms with Crippen molar-refractivity contribution in [2.45, 2.75) is 64.5 Å². The fraction of sp³-hybridized carbons (Fsp3) is 0.345. The Bertz CT molecular complexity index is 972. The molecule has 1 aliphatic heterocycles. The SMILES string of the molecule is CCCCCCCCCC1N(c2ccccc2)[N]C(c2ccccc2)=NN1c1ccccc1. The van der Waals surface area contributed by atoms with Gasteiger partial charge in [0.1, 0.15) is 6.17 Å². The highest BCUT2D eigenvalue weighted by molar-refractivity contribution is 6.00. The third-order valence-electron chi connectivity index (χ3n) is 6.11. The Morgan fingerprint density at radius 2 is 1.12 bits per heavy atom. The fourth-order valence-corrected chi connectivity index (χ4v) is 4.31. The summed E-state index contributed by atoms with van der Waals surface area (Å²) < 4.78 is 0. The molecule has 1 aliphatic rings. The zero-order chi connectivity index (χ0) is 22.7. The van der Waals surface area contributed by atoms with Crippen molar-refractivity contribution in [1.82, 2.24) is 5.43 Å². The van der Waals surface area contributed by atoms with E-state index in [1.54, 1.807) is 0 Å². The van der Waals surface area contributed by atoms with Gasteiger partial charge in [-0.15, -0.1) is 10.5 Å². The summed E-state index contributed by atoms with van der Waals surface area (Å²) in [7, 11) is 0. The molecular formula is C29H35N4. The van der Waals surface area contributed by atoms with Gasteiger partial charge >= 0.3 is 0 Å². The van der Waals surface area contributed by atoms with Crippen LogP contribution in [-0.2, 0) is 0 Å². The molecule has 0 saturated heterocycles. The minimum absolute atomic E-state index is 0.0397. The van der Waals surface area contributed by atoms with Crippen molar-refractivity contribution in [2.75, 3.05) is 10.0 Å². The second-order valence-electron chi connectivity index (χ2n) is 8.64. The van der Waals surface area contributed by atoms with Gasteiger partial charge in [0.05, 0.1) is 11.4 Å². The standard InChI is InChI=1S/C29H35N4/c1-2-3-4-5-6-7-17-24-28-32(26-20-13-9-14-21-26)30-29(25-18-11-8-12-19-25)31-33(28)27-22-15-10-16-23-27/h8-16,18-23,28H,2-7,17,24H2,1H3. The zero-order valence-corrected chi connectivity index (χ0v) is 19.7. The van der Waals surface area contributed by atoms with E-state index in [0.717, 1.165) is 35.6 Å². The summed E-state index contributed by atoms with van der Waals surface area (Å²) >= 11 is 0. The Morgan fingerprint density at radius 1 is 0.606 bits per heavy atom. The highest BCUT2D eigenvalue weighted by Gasteiger charge is 2.33. The molecule has 3 aromatic rings. The van der Waals surface area contributed by atoms with E-state index >= 15 is 0 Å². The lowest BCUT2D eigenvalue weighted by molar-refractivity contribution is 0.455. The maximum Gasteiger partial charge on any atom is 0.199 e. The Kier molecular flexibility index (Phi) is 8.40. The van der Waals surface area contributed by atoms with Crippen LogP contribution in [0.4, 0.5) is 11.4 Å². The first kappa shape index (κ1) is 22.9. The number of rotatable bonds is 11. The van der Waals surface area contributed by atoms with Crippen LogP contribution in [0.5, 0.6) is 0 Å². The first-order valence-electron chi connectivity index (χ1n) is 12.4. The molecule has 1 atom stereocenters. The minimum Gasteiger partial charge on any atom is -0.239 e. The Morgan fingerprint density at radius 3 is 1.73 bits per heavy atom. The van der Waals surface area contributed by atoms with Gasteiger partial charge in [-0.1, -0.05) is 112 Å². The van der Waals surface area contributed by atoms with Crippen LogP contribution < -0.4 is 15.4 Å². The van der Waals surface area contributed by atoms with Crippen molar-refractivity contribution in [3.63, 3.8) is 0 Å². The topological polar surface area (TPSA) is 32.9 Å². The van der Waals surface area contributed by atoms with Gasteiger partial charge in [-0.25, -0.2) is 10.0 Å². The lowest BCUT2D eigenvalue weighted by atomic mass is 10.1. The maximum absolute atomic E-state index is 5.06. The molecule has 0 spiro atoms. The van der Waals surface area contributed by atoms with Gasteiger partial charge < -0.3 is 0 Å². The van der Waals surface area contributed by atoms with Gasteiger partial charge in [0, 0.05) is 5.56 Å². The van der Waals surface area contributed by atoms with Crippen molar-refractivity contribution < 1.29 is 0 Å². The number of hydrogen-bond donors (Lipinski definition) is 0. The van der Waals surface area contributed by atoms with Crippen molar-refractivity contribution >= 4 is 17.2 Å². The van der Waals surface area contributed by atoms with Gasteiger partial charge in [0.2, 0.25) is 0 Å². The molecule has 0 bridgehead atoms.